The minimum Gasteiger partial charge on any atom is -0.372 e. The number of anilines is 2. The Morgan fingerprint density at radius 1 is 0.583 bits per heavy atom. The Hall–Kier alpha value is -3.59. The van der Waals surface area contributed by atoms with E-state index in [0.717, 1.165) is 71.4 Å². The van der Waals surface area contributed by atoms with E-state index in [1.165, 1.54) is 11.4 Å². The van der Waals surface area contributed by atoms with Crippen molar-refractivity contribution in [2.45, 2.75) is 41.5 Å². The molecule has 0 aliphatic carbocycles. The summed E-state index contributed by atoms with van der Waals surface area (Å²) in [6.07, 6.45) is 9.46. The molecule has 3 nitrogen and oxygen atoms in total. The van der Waals surface area contributed by atoms with Crippen LogP contribution in [0.15, 0.2) is 54.6 Å². The lowest BCUT2D eigenvalue weighted by Gasteiger charge is -2.20. The zero-order valence-corrected chi connectivity index (χ0v) is 22.7. The predicted molar refractivity (Wildman–Crippen MR) is 159 cm³/mol. The Kier molecular flexibility index (Phi) is 9.69. The van der Waals surface area contributed by atoms with Crippen molar-refractivity contribution in [1.29, 1.82) is 0 Å². The zero-order valence-electron chi connectivity index (χ0n) is 22.7. The molecule has 0 saturated heterocycles. The van der Waals surface area contributed by atoms with Crippen LogP contribution in [0, 0.1) is 13.8 Å². The fourth-order valence-corrected chi connectivity index (χ4v) is 4.64. The normalized spacial score (nSPS) is 11.4. The summed E-state index contributed by atoms with van der Waals surface area (Å²) in [5, 5.41) is 0. The van der Waals surface area contributed by atoms with E-state index in [0.29, 0.717) is 0 Å². The summed E-state index contributed by atoms with van der Waals surface area (Å²) in [7, 11) is 0. The lowest BCUT2D eigenvalue weighted by Crippen LogP contribution is -2.21. The fourth-order valence-electron chi connectivity index (χ4n) is 4.64. The van der Waals surface area contributed by atoms with Crippen LogP contribution in [0.5, 0.6) is 0 Å². The van der Waals surface area contributed by atoms with E-state index >= 15 is 0 Å². The molecular weight excluding hydrogens is 440 g/mol. The molecule has 3 aromatic rings. The second-order valence-electron chi connectivity index (χ2n) is 9.03. The third kappa shape index (κ3) is 6.34. The maximum absolute atomic E-state index is 12.0. The summed E-state index contributed by atoms with van der Waals surface area (Å²) in [6.45, 7) is 16.8. The molecule has 0 fully saturated rings. The van der Waals surface area contributed by atoms with Crippen molar-refractivity contribution < 1.29 is 4.79 Å². The number of carbonyl (C=O) groups excluding carboxylic acids is 1. The second kappa shape index (κ2) is 12.9. The molecule has 0 atom stereocenters. The molecule has 3 heteroatoms. The van der Waals surface area contributed by atoms with Gasteiger partial charge in [-0.15, -0.1) is 0 Å². The minimum atomic E-state index is 0.769. The molecule has 0 amide bonds. The third-order valence-corrected chi connectivity index (χ3v) is 7.06. The molecule has 188 valence electrons. The maximum Gasteiger partial charge on any atom is 0.150 e. The van der Waals surface area contributed by atoms with Crippen LogP contribution in [0.1, 0.15) is 71.4 Å². The minimum absolute atomic E-state index is 0.769. The Bertz CT molecular complexity index is 1110. The van der Waals surface area contributed by atoms with Gasteiger partial charge >= 0.3 is 0 Å². The molecule has 0 aliphatic heterocycles. The van der Waals surface area contributed by atoms with Crippen molar-refractivity contribution in [1.82, 2.24) is 0 Å². The van der Waals surface area contributed by atoms with E-state index in [1.54, 1.807) is 0 Å². The van der Waals surface area contributed by atoms with Crippen molar-refractivity contribution in [2.75, 3.05) is 36.0 Å². The van der Waals surface area contributed by atoms with Gasteiger partial charge in [0.05, 0.1) is 0 Å². The zero-order chi connectivity index (χ0) is 26.1. The number of carbonyl (C=O) groups is 1. The molecule has 36 heavy (non-hydrogen) atoms. The maximum atomic E-state index is 12.0. The molecule has 0 radical (unpaired) electrons. The van der Waals surface area contributed by atoms with Gasteiger partial charge in [0.1, 0.15) is 0 Å². The average molecular weight is 481 g/mol. The SMILES string of the molecule is CCN(CC)c1ccc(/C=C/c2cc(/C=C/c3ccc(N(CC)CC)cc3)c(C)c(C=O)c2C)cc1. The van der Waals surface area contributed by atoms with Gasteiger partial charge in [0.15, 0.2) is 6.29 Å². The van der Waals surface area contributed by atoms with E-state index in [2.05, 4.69) is 116 Å². The summed E-state index contributed by atoms with van der Waals surface area (Å²) in [5.74, 6) is 0. The lowest BCUT2D eigenvalue weighted by atomic mass is 9.92. The van der Waals surface area contributed by atoms with E-state index in [4.69, 9.17) is 0 Å². The van der Waals surface area contributed by atoms with Crippen LogP contribution in [0.3, 0.4) is 0 Å². The van der Waals surface area contributed by atoms with Gasteiger partial charge < -0.3 is 9.80 Å². The molecule has 0 unspecified atom stereocenters. The highest BCUT2D eigenvalue weighted by Crippen LogP contribution is 2.26. The monoisotopic (exact) mass is 480 g/mol. The number of benzene rings is 3. The highest BCUT2D eigenvalue weighted by molar-refractivity contribution is 5.87. The van der Waals surface area contributed by atoms with Crippen LogP contribution < -0.4 is 9.80 Å². The predicted octanol–water partition coefficient (Wildman–Crippen LogP) is 8.15. The molecule has 0 saturated carbocycles. The first-order valence-corrected chi connectivity index (χ1v) is 13.1. The molecule has 3 aromatic carbocycles. The van der Waals surface area contributed by atoms with Crippen molar-refractivity contribution in [2.24, 2.45) is 0 Å². The second-order valence-corrected chi connectivity index (χ2v) is 9.03. The highest BCUT2D eigenvalue weighted by atomic mass is 16.1. The van der Waals surface area contributed by atoms with Crippen LogP contribution in [-0.2, 0) is 0 Å². The Balaban J connectivity index is 1.87. The summed E-state index contributed by atoms with van der Waals surface area (Å²) in [6, 6.07) is 19.5. The highest BCUT2D eigenvalue weighted by Gasteiger charge is 2.10. The number of rotatable bonds is 11. The molecule has 3 rings (SSSR count). The smallest absolute Gasteiger partial charge is 0.150 e. The van der Waals surface area contributed by atoms with E-state index in [1.807, 2.05) is 13.8 Å². The largest absolute Gasteiger partial charge is 0.372 e. The first kappa shape index (κ1) is 27.0. The molecular formula is C33H40N2O. The lowest BCUT2D eigenvalue weighted by molar-refractivity contribution is 0.112. The van der Waals surface area contributed by atoms with Crippen LogP contribution in [0.25, 0.3) is 24.3 Å². The summed E-state index contributed by atoms with van der Waals surface area (Å²) >= 11 is 0. The molecule has 0 aliphatic rings. The number of nitrogens with zero attached hydrogens (tertiary/aromatic N) is 2. The number of hydrogen-bond acceptors (Lipinski definition) is 3. The van der Waals surface area contributed by atoms with E-state index in [9.17, 15) is 4.79 Å². The van der Waals surface area contributed by atoms with Gasteiger partial charge in [-0.05, 0) is 105 Å². The summed E-state index contributed by atoms with van der Waals surface area (Å²) < 4.78 is 0. The van der Waals surface area contributed by atoms with Gasteiger partial charge in [-0.2, -0.15) is 0 Å². The quantitative estimate of drug-likeness (QED) is 0.204. The van der Waals surface area contributed by atoms with Gasteiger partial charge in [-0.3, -0.25) is 4.79 Å². The third-order valence-electron chi connectivity index (χ3n) is 7.06. The van der Waals surface area contributed by atoms with Crippen molar-refractivity contribution in [3.05, 3.63) is 93.5 Å². The van der Waals surface area contributed by atoms with Crippen LogP contribution in [-0.4, -0.2) is 32.5 Å². The number of aldehydes is 1. The van der Waals surface area contributed by atoms with Crippen LogP contribution in [0.4, 0.5) is 11.4 Å². The molecule has 0 N–H and O–H groups in total. The molecule has 0 spiro atoms. The Morgan fingerprint density at radius 3 is 1.25 bits per heavy atom. The topological polar surface area (TPSA) is 23.6 Å². The van der Waals surface area contributed by atoms with Crippen molar-refractivity contribution in [3.63, 3.8) is 0 Å². The number of hydrogen-bond donors (Lipinski definition) is 0. The first-order chi connectivity index (χ1) is 17.4. The summed E-state index contributed by atoms with van der Waals surface area (Å²) in [5.41, 5.74) is 9.69. The molecule has 0 aromatic heterocycles. The Labute approximate surface area is 217 Å². The van der Waals surface area contributed by atoms with Gasteiger partial charge in [0, 0.05) is 43.1 Å². The van der Waals surface area contributed by atoms with Gasteiger partial charge in [-0.25, -0.2) is 0 Å². The first-order valence-electron chi connectivity index (χ1n) is 13.1. The standard InChI is InChI=1S/C33H40N2O/c1-7-34(8-2)31-19-13-27(14-20-31)11-17-29-23-30(26(6)33(24-36)25(29)5)18-12-28-15-21-32(22-16-28)35(9-3)10-4/h11-24H,7-10H2,1-6H3/b17-11+,18-12+. The average Bonchev–Trinajstić information content (AvgIpc) is 2.91. The van der Waals surface area contributed by atoms with Crippen LogP contribution in [0.2, 0.25) is 0 Å². The fraction of sp³-hybridized carbons (Fsp3) is 0.303. The molecule has 0 heterocycles. The van der Waals surface area contributed by atoms with E-state index in [-0.39, 0.29) is 0 Å². The Morgan fingerprint density at radius 2 is 0.944 bits per heavy atom. The van der Waals surface area contributed by atoms with Gasteiger partial charge in [0.25, 0.3) is 0 Å². The van der Waals surface area contributed by atoms with Crippen molar-refractivity contribution >= 4 is 42.0 Å². The van der Waals surface area contributed by atoms with Crippen molar-refractivity contribution in [3.8, 4) is 0 Å². The van der Waals surface area contributed by atoms with Gasteiger partial charge in [-0.1, -0.05) is 48.6 Å². The van der Waals surface area contributed by atoms with E-state index < -0.39 is 0 Å². The molecule has 0 bridgehead atoms. The summed E-state index contributed by atoms with van der Waals surface area (Å²) in [4.78, 5) is 16.6. The van der Waals surface area contributed by atoms with Crippen LogP contribution >= 0.6 is 0 Å². The van der Waals surface area contributed by atoms with Gasteiger partial charge in [0.2, 0.25) is 0 Å².